The maximum atomic E-state index is 12.7. The lowest BCUT2D eigenvalue weighted by Gasteiger charge is -2.26. The van der Waals surface area contributed by atoms with Crippen LogP contribution in [0.3, 0.4) is 0 Å². The molecule has 3 atom stereocenters. The van der Waals surface area contributed by atoms with Crippen LogP contribution in [-0.2, 0) is 4.79 Å². The average molecular weight is 351 g/mol. The predicted octanol–water partition coefficient (Wildman–Crippen LogP) is 4.08. The van der Waals surface area contributed by atoms with Crippen molar-refractivity contribution in [3.8, 4) is 0 Å². The van der Waals surface area contributed by atoms with E-state index < -0.39 is 0 Å². The van der Waals surface area contributed by atoms with Crippen LogP contribution in [0.15, 0.2) is 24.3 Å². The second kappa shape index (κ2) is 8.35. The van der Waals surface area contributed by atoms with Crippen LogP contribution in [0.25, 0.3) is 0 Å². The SMILES string of the molecule is CC(C)c1ccc(C(C)CC(=O)N2CCC3CCC(C2)N3)cc1.Cl. The summed E-state index contributed by atoms with van der Waals surface area (Å²) in [6.07, 6.45) is 4.24. The maximum absolute atomic E-state index is 12.7. The fraction of sp³-hybridized carbons (Fsp3) is 0.650. The van der Waals surface area contributed by atoms with Gasteiger partial charge in [-0.15, -0.1) is 12.4 Å². The first-order valence-corrected chi connectivity index (χ1v) is 9.16. The van der Waals surface area contributed by atoms with Crippen LogP contribution in [-0.4, -0.2) is 36.0 Å². The van der Waals surface area contributed by atoms with Crippen molar-refractivity contribution in [3.05, 3.63) is 35.4 Å². The second-order valence-corrected chi connectivity index (χ2v) is 7.69. The number of benzene rings is 1. The standard InChI is InChI=1S/C20H30N2O.ClH/c1-14(2)16-4-6-17(7-5-16)15(3)12-20(23)22-11-10-18-8-9-19(13-22)21-18;/h4-7,14-15,18-19,21H,8-13H2,1-3H3;1H. The number of likely N-dealkylation sites (tertiary alicyclic amines) is 1. The highest BCUT2D eigenvalue weighted by atomic mass is 35.5. The smallest absolute Gasteiger partial charge is 0.223 e. The third-order valence-corrected chi connectivity index (χ3v) is 5.53. The zero-order valence-corrected chi connectivity index (χ0v) is 15.9. The summed E-state index contributed by atoms with van der Waals surface area (Å²) in [6.45, 7) is 8.41. The van der Waals surface area contributed by atoms with Crippen molar-refractivity contribution < 1.29 is 4.79 Å². The van der Waals surface area contributed by atoms with Crippen LogP contribution in [0.1, 0.15) is 69.4 Å². The number of nitrogens with zero attached hydrogens (tertiary/aromatic N) is 1. The molecular formula is C20H31ClN2O. The van der Waals surface area contributed by atoms with Crippen LogP contribution in [0, 0.1) is 0 Å². The molecule has 2 fully saturated rings. The molecule has 4 heteroatoms. The Morgan fingerprint density at radius 1 is 1.08 bits per heavy atom. The molecule has 2 bridgehead atoms. The van der Waals surface area contributed by atoms with Crippen molar-refractivity contribution in [2.45, 2.75) is 70.4 Å². The number of fused-ring (bicyclic) bond motifs is 2. The number of amides is 1. The zero-order chi connectivity index (χ0) is 16.4. The van der Waals surface area contributed by atoms with Gasteiger partial charge in [0.05, 0.1) is 0 Å². The van der Waals surface area contributed by atoms with Crippen molar-refractivity contribution in [3.63, 3.8) is 0 Å². The topological polar surface area (TPSA) is 32.3 Å². The van der Waals surface area contributed by atoms with Crippen molar-refractivity contribution in [2.24, 2.45) is 0 Å². The number of hydrogen-bond donors (Lipinski definition) is 1. The third-order valence-electron chi connectivity index (χ3n) is 5.53. The molecule has 0 spiro atoms. The van der Waals surface area contributed by atoms with E-state index in [4.69, 9.17) is 0 Å². The third kappa shape index (κ3) is 4.52. The molecule has 0 aromatic heterocycles. The van der Waals surface area contributed by atoms with E-state index >= 15 is 0 Å². The molecule has 2 saturated heterocycles. The summed E-state index contributed by atoms with van der Waals surface area (Å²) in [5.74, 6) is 1.16. The van der Waals surface area contributed by atoms with Gasteiger partial charge in [0.1, 0.15) is 0 Å². The normalized spacial score (nSPS) is 24.4. The summed E-state index contributed by atoms with van der Waals surface area (Å²) in [6, 6.07) is 9.95. The average Bonchev–Trinajstić information content (AvgIpc) is 2.86. The zero-order valence-electron chi connectivity index (χ0n) is 15.1. The van der Waals surface area contributed by atoms with Crippen LogP contribution < -0.4 is 5.32 Å². The van der Waals surface area contributed by atoms with Crippen LogP contribution in [0.2, 0.25) is 0 Å². The van der Waals surface area contributed by atoms with Gasteiger partial charge in [-0.2, -0.15) is 0 Å². The van der Waals surface area contributed by atoms with Crippen molar-refractivity contribution in [1.82, 2.24) is 10.2 Å². The van der Waals surface area contributed by atoms with Gasteiger partial charge in [0.15, 0.2) is 0 Å². The molecule has 2 aliphatic heterocycles. The lowest BCUT2D eigenvalue weighted by atomic mass is 9.94. The number of nitrogens with one attached hydrogen (secondary N) is 1. The summed E-state index contributed by atoms with van der Waals surface area (Å²) in [5.41, 5.74) is 2.64. The second-order valence-electron chi connectivity index (χ2n) is 7.69. The number of halogens is 1. The Balaban J connectivity index is 0.00000208. The number of carbonyl (C=O) groups excluding carboxylic acids is 1. The van der Waals surface area contributed by atoms with Crippen molar-refractivity contribution in [2.75, 3.05) is 13.1 Å². The molecule has 3 rings (SSSR count). The summed E-state index contributed by atoms with van der Waals surface area (Å²) < 4.78 is 0. The summed E-state index contributed by atoms with van der Waals surface area (Å²) in [4.78, 5) is 14.8. The minimum absolute atomic E-state index is 0. The number of hydrogen-bond acceptors (Lipinski definition) is 2. The maximum Gasteiger partial charge on any atom is 0.223 e. The minimum atomic E-state index is 0. The molecule has 0 aliphatic carbocycles. The molecule has 1 aromatic rings. The molecule has 3 unspecified atom stereocenters. The minimum Gasteiger partial charge on any atom is -0.341 e. The lowest BCUT2D eigenvalue weighted by molar-refractivity contribution is -0.131. The first-order chi connectivity index (χ1) is 11.0. The van der Waals surface area contributed by atoms with Gasteiger partial charge in [0, 0.05) is 31.6 Å². The highest BCUT2D eigenvalue weighted by Gasteiger charge is 2.31. The monoisotopic (exact) mass is 350 g/mol. The van der Waals surface area contributed by atoms with E-state index in [0.29, 0.717) is 30.3 Å². The van der Waals surface area contributed by atoms with Gasteiger partial charge in [-0.3, -0.25) is 4.79 Å². The fourth-order valence-corrected chi connectivity index (χ4v) is 3.89. The Kier molecular flexibility index (Phi) is 6.70. The molecular weight excluding hydrogens is 320 g/mol. The van der Waals surface area contributed by atoms with Crippen molar-refractivity contribution >= 4 is 18.3 Å². The molecule has 1 N–H and O–H groups in total. The van der Waals surface area contributed by atoms with Gasteiger partial charge in [0.25, 0.3) is 0 Å². The van der Waals surface area contributed by atoms with Gasteiger partial charge in [-0.1, -0.05) is 45.0 Å². The van der Waals surface area contributed by atoms with Crippen LogP contribution in [0.4, 0.5) is 0 Å². The Morgan fingerprint density at radius 2 is 1.71 bits per heavy atom. The molecule has 3 nitrogen and oxygen atoms in total. The Labute approximate surface area is 152 Å². The molecule has 1 amide bonds. The summed E-state index contributed by atoms with van der Waals surface area (Å²) in [7, 11) is 0. The summed E-state index contributed by atoms with van der Waals surface area (Å²) >= 11 is 0. The predicted molar refractivity (Wildman–Crippen MR) is 102 cm³/mol. The molecule has 134 valence electrons. The van der Waals surface area contributed by atoms with Gasteiger partial charge < -0.3 is 10.2 Å². The van der Waals surface area contributed by atoms with Gasteiger partial charge >= 0.3 is 0 Å². The van der Waals surface area contributed by atoms with E-state index in [2.05, 4.69) is 55.3 Å². The molecule has 2 aliphatic rings. The van der Waals surface area contributed by atoms with Gasteiger partial charge in [-0.05, 0) is 42.2 Å². The quantitative estimate of drug-likeness (QED) is 0.887. The van der Waals surface area contributed by atoms with E-state index in [1.807, 2.05) is 0 Å². The van der Waals surface area contributed by atoms with Crippen LogP contribution >= 0.6 is 12.4 Å². The Bertz CT molecular complexity index is 543. The van der Waals surface area contributed by atoms with Gasteiger partial charge in [-0.25, -0.2) is 0 Å². The van der Waals surface area contributed by atoms with Gasteiger partial charge in [0.2, 0.25) is 5.91 Å². The number of rotatable bonds is 4. The Morgan fingerprint density at radius 3 is 2.38 bits per heavy atom. The summed E-state index contributed by atoms with van der Waals surface area (Å²) in [5, 5.41) is 3.65. The first kappa shape index (κ1) is 19.3. The molecule has 1 aromatic carbocycles. The largest absolute Gasteiger partial charge is 0.341 e. The molecule has 24 heavy (non-hydrogen) atoms. The first-order valence-electron chi connectivity index (χ1n) is 9.16. The highest BCUT2D eigenvalue weighted by molar-refractivity contribution is 5.85. The van der Waals surface area contributed by atoms with E-state index in [1.165, 1.54) is 24.0 Å². The van der Waals surface area contributed by atoms with E-state index in [1.54, 1.807) is 0 Å². The number of carbonyl (C=O) groups is 1. The fourth-order valence-electron chi connectivity index (χ4n) is 3.89. The van der Waals surface area contributed by atoms with E-state index in [0.717, 1.165) is 19.5 Å². The molecule has 0 radical (unpaired) electrons. The Hall–Kier alpha value is -1.06. The molecule has 2 heterocycles. The lowest BCUT2D eigenvalue weighted by Crippen LogP contribution is -2.39. The van der Waals surface area contributed by atoms with E-state index in [9.17, 15) is 4.79 Å². The van der Waals surface area contributed by atoms with Crippen molar-refractivity contribution in [1.29, 1.82) is 0 Å². The van der Waals surface area contributed by atoms with E-state index in [-0.39, 0.29) is 18.3 Å². The van der Waals surface area contributed by atoms with Crippen LogP contribution in [0.5, 0.6) is 0 Å². The highest BCUT2D eigenvalue weighted by Crippen LogP contribution is 2.25. The molecule has 0 saturated carbocycles.